The number of carbonyl (C=O) groups is 1. The molecule has 0 spiro atoms. The first-order chi connectivity index (χ1) is 7.61. The molecule has 1 aromatic carbocycles. The van der Waals surface area contributed by atoms with Gasteiger partial charge in [0.25, 0.3) is 0 Å². The first-order valence-corrected chi connectivity index (χ1v) is 6.93. The third kappa shape index (κ3) is 4.40. The zero-order chi connectivity index (χ0) is 12.0. The topological polar surface area (TPSA) is 17.1 Å². The molecule has 0 saturated carbocycles. The molecule has 0 unspecified atom stereocenters. The van der Waals surface area contributed by atoms with Crippen LogP contribution in [0.3, 0.4) is 0 Å². The Kier molecular flexibility index (Phi) is 5.61. The Morgan fingerprint density at radius 3 is 2.62 bits per heavy atom. The van der Waals surface area contributed by atoms with Crippen LogP contribution in [-0.2, 0) is 0 Å². The number of hydrogen-bond donors (Lipinski definition) is 0. The lowest BCUT2D eigenvalue weighted by molar-refractivity contribution is 0.102. The number of thioether (sulfide) groups is 1. The van der Waals surface area contributed by atoms with E-state index in [0.29, 0.717) is 5.75 Å². The summed E-state index contributed by atoms with van der Waals surface area (Å²) in [6.07, 6.45) is 1.19. The Labute approximate surface area is 103 Å². The molecule has 16 heavy (non-hydrogen) atoms. The van der Waals surface area contributed by atoms with Crippen LogP contribution in [0.1, 0.15) is 36.2 Å². The van der Waals surface area contributed by atoms with E-state index in [1.54, 1.807) is 11.8 Å². The van der Waals surface area contributed by atoms with E-state index in [1.807, 2.05) is 31.2 Å². The van der Waals surface area contributed by atoms with Crippen LogP contribution < -0.4 is 0 Å². The van der Waals surface area contributed by atoms with Crippen molar-refractivity contribution in [2.75, 3.05) is 11.5 Å². The van der Waals surface area contributed by atoms with Gasteiger partial charge in [0.1, 0.15) is 0 Å². The van der Waals surface area contributed by atoms with E-state index in [0.717, 1.165) is 22.8 Å². The Balaban J connectivity index is 2.39. The van der Waals surface area contributed by atoms with Crippen molar-refractivity contribution in [3.05, 3.63) is 35.4 Å². The number of aryl methyl sites for hydroxylation is 1. The van der Waals surface area contributed by atoms with Crippen molar-refractivity contribution in [2.45, 2.75) is 27.2 Å². The highest BCUT2D eigenvalue weighted by molar-refractivity contribution is 7.99. The number of hydrogen-bond acceptors (Lipinski definition) is 2. The number of rotatable bonds is 6. The van der Waals surface area contributed by atoms with E-state index in [9.17, 15) is 4.79 Å². The average molecular weight is 236 g/mol. The maximum Gasteiger partial charge on any atom is 0.172 e. The minimum atomic E-state index is 0.256. The molecule has 1 rings (SSSR count). The van der Waals surface area contributed by atoms with Crippen molar-refractivity contribution in [1.82, 2.24) is 0 Å². The Morgan fingerprint density at radius 1 is 1.31 bits per heavy atom. The van der Waals surface area contributed by atoms with Crippen LogP contribution in [0.15, 0.2) is 24.3 Å². The standard InChI is InChI=1S/C14H20OS/c1-11(2)8-9-16-10-14(15)13-7-5-4-6-12(13)3/h4-7,11H,8-10H2,1-3H3. The lowest BCUT2D eigenvalue weighted by Crippen LogP contribution is -2.05. The average Bonchev–Trinajstić information content (AvgIpc) is 2.24. The minimum Gasteiger partial charge on any atom is -0.293 e. The quantitative estimate of drug-likeness (QED) is 0.549. The fourth-order valence-electron chi connectivity index (χ4n) is 1.45. The molecule has 0 amide bonds. The van der Waals surface area contributed by atoms with Gasteiger partial charge >= 0.3 is 0 Å². The van der Waals surface area contributed by atoms with Gasteiger partial charge in [0, 0.05) is 5.56 Å². The lowest BCUT2D eigenvalue weighted by Gasteiger charge is -2.05. The first kappa shape index (κ1) is 13.3. The third-order valence-corrected chi connectivity index (χ3v) is 3.51. The van der Waals surface area contributed by atoms with Gasteiger partial charge in [-0.1, -0.05) is 38.1 Å². The van der Waals surface area contributed by atoms with Crippen molar-refractivity contribution in [3.8, 4) is 0 Å². The molecule has 0 heterocycles. The molecule has 1 aromatic rings. The largest absolute Gasteiger partial charge is 0.293 e. The highest BCUT2D eigenvalue weighted by Crippen LogP contribution is 2.13. The van der Waals surface area contributed by atoms with Crippen LogP contribution in [-0.4, -0.2) is 17.3 Å². The summed E-state index contributed by atoms with van der Waals surface area (Å²) in [5.74, 6) is 2.67. The highest BCUT2D eigenvalue weighted by Gasteiger charge is 2.07. The van der Waals surface area contributed by atoms with Crippen molar-refractivity contribution < 1.29 is 4.79 Å². The zero-order valence-electron chi connectivity index (χ0n) is 10.3. The van der Waals surface area contributed by atoms with Crippen LogP contribution in [0.5, 0.6) is 0 Å². The molecule has 0 aliphatic rings. The van der Waals surface area contributed by atoms with Gasteiger partial charge in [-0.25, -0.2) is 0 Å². The predicted octanol–water partition coefficient (Wildman–Crippen LogP) is 3.96. The van der Waals surface area contributed by atoms with Gasteiger partial charge in [-0.3, -0.25) is 4.79 Å². The predicted molar refractivity (Wildman–Crippen MR) is 72.3 cm³/mol. The van der Waals surface area contributed by atoms with Crippen molar-refractivity contribution in [2.24, 2.45) is 5.92 Å². The Morgan fingerprint density at radius 2 is 2.00 bits per heavy atom. The summed E-state index contributed by atoms with van der Waals surface area (Å²) in [6, 6.07) is 7.81. The van der Waals surface area contributed by atoms with Crippen LogP contribution in [0.25, 0.3) is 0 Å². The summed E-state index contributed by atoms with van der Waals surface area (Å²) in [4.78, 5) is 11.9. The van der Waals surface area contributed by atoms with Crippen LogP contribution in [0.2, 0.25) is 0 Å². The molecule has 0 fully saturated rings. The van der Waals surface area contributed by atoms with E-state index in [2.05, 4.69) is 13.8 Å². The van der Waals surface area contributed by atoms with E-state index in [-0.39, 0.29) is 5.78 Å². The number of Topliss-reactive ketones (excluding diaryl/α,β-unsaturated/α-hetero) is 1. The zero-order valence-corrected chi connectivity index (χ0v) is 11.1. The summed E-state index contributed by atoms with van der Waals surface area (Å²) in [5.41, 5.74) is 1.96. The smallest absolute Gasteiger partial charge is 0.172 e. The summed E-state index contributed by atoms with van der Waals surface area (Å²) in [5, 5.41) is 0. The van der Waals surface area contributed by atoms with E-state index in [4.69, 9.17) is 0 Å². The van der Waals surface area contributed by atoms with Gasteiger partial charge < -0.3 is 0 Å². The molecule has 2 heteroatoms. The van der Waals surface area contributed by atoms with Crippen LogP contribution in [0, 0.1) is 12.8 Å². The number of benzene rings is 1. The third-order valence-electron chi connectivity index (χ3n) is 2.52. The van der Waals surface area contributed by atoms with Gasteiger partial charge in [0.2, 0.25) is 0 Å². The molecule has 0 aliphatic heterocycles. The van der Waals surface area contributed by atoms with Crippen LogP contribution in [0.4, 0.5) is 0 Å². The van der Waals surface area contributed by atoms with Crippen LogP contribution >= 0.6 is 11.8 Å². The molecule has 0 aromatic heterocycles. The molecular formula is C14H20OS. The van der Waals surface area contributed by atoms with Crippen molar-refractivity contribution in [3.63, 3.8) is 0 Å². The molecule has 0 radical (unpaired) electrons. The first-order valence-electron chi connectivity index (χ1n) is 5.78. The minimum absolute atomic E-state index is 0.256. The van der Waals surface area contributed by atoms with Crippen molar-refractivity contribution in [1.29, 1.82) is 0 Å². The van der Waals surface area contributed by atoms with E-state index in [1.165, 1.54) is 6.42 Å². The second-order valence-electron chi connectivity index (χ2n) is 4.47. The maximum atomic E-state index is 11.9. The molecule has 88 valence electrons. The van der Waals surface area contributed by atoms with Gasteiger partial charge in [0.15, 0.2) is 5.78 Å². The Bertz CT molecular complexity index is 344. The summed E-state index contributed by atoms with van der Waals surface area (Å²) < 4.78 is 0. The lowest BCUT2D eigenvalue weighted by atomic mass is 10.1. The summed E-state index contributed by atoms with van der Waals surface area (Å²) >= 11 is 1.74. The molecule has 0 atom stereocenters. The fraction of sp³-hybridized carbons (Fsp3) is 0.500. The maximum absolute atomic E-state index is 11.9. The van der Waals surface area contributed by atoms with Gasteiger partial charge in [0.05, 0.1) is 5.75 Å². The normalized spacial score (nSPS) is 10.8. The second kappa shape index (κ2) is 6.74. The SMILES string of the molecule is Cc1ccccc1C(=O)CSCCC(C)C. The summed E-state index contributed by atoms with van der Waals surface area (Å²) in [6.45, 7) is 6.42. The van der Waals surface area contributed by atoms with E-state index >= 15 is 0 Å². The molecule has 0 aliphatic carbocycles. The second-order valence-corrected chi connectivity index (χ2v) is 5.58. The number of carbonyl (C=O) groups excluding carboxylic acids is 1. The fourth-order valence-corrected chi connectivity index (χ4v) is 2.57. The summed E-state index contributed by atoms with van der Waals surface area (Å²) in [7, 11) is 0. The van der Waals surface area contributed by atoms with Crippen molar-refractivity contribution >= 4 is 17.5 Å². The molecule has 0 bridgehead atoms. The highest BCUT2D eigenvalue weighted by atomic mass is 32.2. The molecular weight excluding hydrogens is 216 g/mol. The molecule has 0 saturated heterocycles. The monoisotopic (exact) mass is 236 g/mol. The molecule has 1 nitrogen and oxygen atoms in total. The van der Waals surface area contributed by atoms with E-state index < -0.39 is 0 Å². The Hall–Kier alpha value is -0.760. The van der Waals surface area contributed by atoms with Gasteiger partial charge in [-0.05, 0) is 30.6 Å². The van der Waals surface area contributed by atoms with Gasteiger partial charge in [-0.15, -0.1) is 0 Å². The molecule has 0 N–H and O–H groups in total. The number of ketones is 1. The van der Waals surface area contributed by atoms with Gasteiger partial charge in [-0.2, -0.15) is 11.8 Å².